The first-order chi connectivity index (χ1) is 12.6. The summed E-state index contributed by atoms with van der Waals surface area (Å²) in [6, 6.07) is 1.79. The summed E-state index contributed by atoms with van der Waals surface area (Å²) in [5.41, 5.74) is 0.415. The Balaban J connectivity index is 1.60. The fraction of sp³-hybridized carbons (Fsp3) is 0.667. The van der Waals surface area contributed by atoms with Crippen molar-refractivity contribution in [2.75, 3.05) is 50.8 Å². The molecule has 0 spiro atoms. The molecule has 8 nitrogen and oxygen atoms in total. The van der Waals surface area contributed by atoms with Crippen molar-refractivity contribution in [3.63, 3.8) is 0 Å². The fourth-order valence-corrected chi connectivity index (χ4v) is 3.34. The van der Waals surface area contributed by atoms with E-state index in [-0.39, 0.29) is 12.0 Å². The van der Waals surface area contributed by atoms with Gasteiger partial charge in [0, 0.05) is 45.3 Å². The van der Waals surface area contributed by atoms with Gasteiger partial charge in [-0.05, 0) is 25.7 Å². The standard InChI is InChI=1S/C18H27N5O3/c1-3-26-18(25)23-10-8-22(9-11-23)17(24)15-12-16(20-13-19-15)21-6-4-14(2)5-7-21/h12-14H,3-11H2,1-2H3. The SMILES string of the molecule is CCOC(=O)N1CCN(C(=O)c2cc(N3CCC(C)CC3)ncn2)CC1. The molecule has 0 aliphatic carbocycles. The van der Waals surface area contributed by atoms with Gasteiger partial charge < -0.3 is 19.4 Å². The van der Waals surface area contributed by atoms with Crippen molar-refractivity contribution in [2.24, 2.45) is 5.92 Å². The van der Waals surface area contributed by atoms with Crippen molar-refractivity contribution in [1.82, 2.24) is 19.8 Å². The molecule has 8 heteroatoms. The molecule has 1 aromatic rings. The van der Waals surface area contributed by atoms with Gasteiger partial charge in [-0.1, -0.05) is 6.92 Å². The molecule has 2 aliphatic rings. The van der Waals surface area contributed by atoms with Crippen LogP contribution in [0.2, 0.25) is 0 Å². The van der Waals surface area contributed by atoms with E-state index in [0.29, 0.717) is 38.5 Å². The van der Waals surface area contributed by atoms with E-state index < -0.39 is 0 Å². The zero-order chi connectivity index (χ0) is 18.5. The molecule has 2 saturated heterocycles. The van der Waals surface area contributed by atoms with Crippen LogP contribution < -0.4 is 4.90 Å². The first-order valence-corrected chi connectivity index (χ1v) is 9.36. The lowest BCUT2D eigenvalue weighted by Gasteiger charge is -2.34. The third-order valence-corrected chi connectivity index (χ3v) is 5.07. The lowest BCUT2D eigenvalue weighted by molar-refractivity contribution is 0.0566. The first-order valence-electron chi connectivity index (χ1n) is 9.36. The summed E-state index contributed by atoms with van der Waals surface area (Å²) < 4.78 is 5.01. The van der Waals surface area contributed by atoms with Gasteiger partial charge in [0.2, 0.25) is 0 Å². The second kappa shape index (κ2) is 8.33. The van der Waals surface area contributed by atoms with Crippen molar-refractivity contribution >= 4 is 17.8 Å². The highest BCUT2D eigenvalue weighted by atomic mass is 16.6. The Labute approximate surface area is 154 Å². The summed E-state index contributed by atoms with van der Waals surface area (Å²) in [5, 5.41) is 0. The average molecular weight is 361 g/mol. The van der Waals surface area contributed by atoms with Crippen LogP contribution in [0.1, 0.15) is 37.2 Å². The van der Waals surface area contributed by atoms with Gasteiger partial charge in [-0.15, -0.1) is 0 Å². The third kappa shape index (κ3) is 4.23. The second-order valence-corrected chi connectivity index (χ2v) is 6.91. The van der Waals surface area contributed by atoms with Crippen LogP contribution in [-0.4, -0.2) is 77.6 Å². The number of piperazine rings is 1. The van der Waals surface area contributed by atoms with Gasteiger partial charge in [0.25, 0.3) is 5.91 Å². The molecule has 2 amide bonds. The highest BCUT2D eigenvalue weighted by Crippen LogP contribution is 2.21. The van der Waals surface area contributed by atoms with Gasteiger partial charge in [-0.3, -0.25) is 4.79 Å². The highest BCUT2D eigenvalue weighted by molar-refractivity contribution is 5.93. The number of hydrogen-bond acceptors (Lipinski definition) is 6. The number of ether oxygens (including phenoxy) is 1. The lowest BCUT2D eigenvalue weighted by atomic mass is 9.99. The molecule has 3 rings (SSSR count). The van der Waals surface area contributed by atoms with Crippen molar-refractivity contribution < 1.29 is 14.3 Å². The van der Waals surface area contributed by atoms with Gasteiger partial charge >= 0.3 is 6.09 Å². The summed E-state index contributed by atoms with van der Waals surface area (Å²) in [6.45, 7) is 8.26. The maximum absolute atomic E-state index is 12.8. The van der Waals surface area contributed by atoms with Crippen LogP contribution in [-0.2, 0) is 4.74 Å². The van der Waals surface area contributed by atoms with Crippen LogP contribution in [0, 0.1) is 5.92 Å². The van der Waals surface area contributed by atoms with Crippen LogP contribution in [0.25, 0.3) is 0 Å². The molecule has 0 saturated carbocycles. The Bertz CT molecular complexity index is 637. The van der Waals surface area contributed by atoms with E-state index in [1.165, 1.54) is 6.33 Å². The van der Waals surface area contributed by atoms with Crippen LogP contribution in [0.3, 0.4) is 0 Å². The van der Waals surface area contributed by atoms with Crippen molar-refractivity contribution in [3.05, 3.63) is 18.1 Å². The number of rotatable bonds is 3. The van der Waals surface area contributed by atoms with E-state index in [4.69, 9.17) is 4.74 Å². The van der Waals surface area contributed by atoms with E-state index in [1.807, 2.05) is 0 Å². The third-order valence-electron chi connectivity index (χ3n) is 5.07. The zero-order valence-corrected chi connectivity index (χ0v) is 15.6. The van der Waals surface area contributed by atoms with Gasteiger partial charge in [0.1, 0.15) is 17.8 Å². The molecular weight excluding hydrogens is 334 g/mol. The van der Waals surface area contributed by atoms with E-state index in [2.05, 4.69) is 21.8 Å². The van der Waals surface area contributed by atoms with E-state index in [9.17, 15) is 9.59 Å². The molecule has 26 heavy (non-hydrogen) atoms. The molecule has 3 heterocycles. The molecule has 0 aromatic carbocycles. The minimum atomic E-state index is -0.316. The Kier molecular flexibility index (Phi) is 5.90. The summed E-state index contributed by atoms with van der Waals surface area (Å²) in [6.07, 6.45) is 3.44. The number of amides is 2. The molecule has 2 fully saturated rings. The maximum atomic E-state index is 12.8. The summed E-state index contributed by atoms with van der Waals surface area (Å²) in [7, 11) is 0. The second-order valence-electron chi connectivity index (χ2n) is 6.91. The van der Waals surface area contributed by atoms with Gasteiger partial charge in [0.15, 0.2) is 0 Å². The quantitative estimate of drug-likeness (QED) is 0.814. The molecule has 0 atom stereocenters. The molecule has 1 aromatic heterocycles. The molecule has 0 N–H and O–H groups in total. The molecule has 0 unspecified atom stereocenters. The normalized spacial score (nSPS) is 18.8. The minimum absolute atomic E-state index is 0.109. The van der Waals surface area contributed by atoms with Crippen molar-refractivity contribution in [3.8, 4) is 0 Å². The Morgan fingerprint density at radius 2 is 1.73 bits per heavy atom. The minimum Gasteiger partial charge on any atom is -0.450 e. The first kappa shape index (κ1) is 18.4. The molecule has 142 valence electrons. The molecular formula is C18H27N5O3. The van der Waals surface area contributed by atoms with Crippen molar-refractivity contribution in [1.29, 1.82) is 0 Å². The maximum Gasteiger partial charge on any atom is 0.409 e. The van der Waals surface area contributed by atoms with E-state index in [0.717, 1.165) is 37.7 Å². The fourth-order valence-electron chi connectivity index (χ4n) is 3.34. The predicted octanol–water partition coefficient (Wildman–Crippen LogP) is 1.63. The van der Waals surface area contributed by atoms with Crippen LogP contribution in [0.5, 0.6) is 0 Å². The van der Waals surface area contributed by atoms with Gasteiger partial charge in [-0.25, -0.2) is 14.8 Å². The number of piperidine rings is 1. The van der Waals surface area contributed by atoms with Crippen LogP contribution in [0.15, 0.2) is 12.4 Å². The number of carbonyl (C=O) groups excluding carboxylic acids is 2. The Hall–Kier alpha value is -2.38. The highest BCUT2D eigenvalue weighted by Gasteiger charge is 2.27. The van der Waals surface area contributed by atoms with Crippen molar-refractivity contribution in [2.45, 2.75) is 26.7 Å². The Morgan fingerprint density at radius 1 is 1.08 bits per heavy atom. The predicted molar refractivity (Wildman–Crippen MR) is 97.1 cm³/mol. The zero-order valence-electron chi connectivity index (χ0n) is 15.6. The Morgan fingerprint density at radius 3 is 2.38 bits per heavy atom. The van der Waals surface area contributed by atoms with Crippen LogP contribution in [0.4, 0.5) is 10.6 Å². The number of anilines is 1. The largest absolute Gasteiger partial charge is 0.450 e. The molecule has 0 radical (unpaired) electrons. The lowest BCUT2D eigenvalue weighted by Crippen LogP contribution is -2.50. The number of aromatic nitrogens is 2. The number of carbonyl (C=O) groups is 2. The average Bonchev–Trinajstić information content (AvgIpc) is 2.68. The number of hydrogen-bond donors (Lipinski definition) is 0. The summed E-state index contributed by atoms with van der Waals surface area (Å²) in [4.78, 5) is 38.6. The van der Waals surface area contributed by atoms with E-state index >= 15 is 0 Å². The van der Waals surface area contributed by atoms with Crippen LogP contribution >= 0.6 is 0 Å². The topological polar surface area (TPSA) is 78.9 Å². The van der Waals surface area contributed by atoms with Gasteiger partial charge in [-0.2, -0.15) is 0 Å². The molecule has 0 bridgehead atoms. The number of nitrogens with zero attached hydrogens (tertiary/aromatic N) is 5. The summed E-state index contributed by atoms with van der Waals surface area (Å²) in [5.74, 6) is 1.45. The smallest absolute Gasteiger partial charge is 0.409 e. The monoisotopic (exact) mass is 361 g/mol. The summed E-state index contributed by atoms with van der Waals surface area (Å²) >= 11 is 0. The van der Waals surface area contributed by atoms with E-state index in [1.54, 1.807) is 22.8 Å². The van der Waals surface area contributed by atoms with Gasteiger partial charge in [0.05, 0.1) is 6.61 Å². The molecule has 2 aliphatic heterocycles.